The van der Waals surface area contributed by atoms with Gasteiger partial charge in [-0.3, -0.25) is 0 Å². The summed E-state index contributed by atoms with van der Waals surface area (Å²) < 4.78 is 57.1. The first kappa shape index (κ1) is 15.9. The molecule has 1 aromatic heterocycles. The molecule has 0 atom stereocenters. The predicted octanol–water partition coefficient (Wildman–Crippen LogP) is 2.91. The Morgan fingerprint density at radius 1 is 1.36 bits per heavy atom. The molecule has 0 saturated heterocycles. The lowest BCUT2D eigenvalue weighted by Crippen LogP contribution is -2.10. The molecule has 2 rings (SSSR count). The molecule has 0 bridgehead atoms. The summed E-state index contributed by atoms with van der Waals surface area (Å²) >= 11 is 0. The fourth-order valence-corrected chi connectivity index (χ4v) is 1.80. The van der Waals surface area contributed by atoms with Crippen LogP contribution in [0.3, 0.4) is 0 Å². The Hall–Kier alpha value is -2.45. The number of rotatable bonds is 3. The van der Waals surface area contributed by atoms with Crippen molar-refractivity contribution < 1.29 is 27.1 Å². The van der Waals surface area contributed by atoms with Crippen molar-refractivity contribution in [2.24, 2.45) is 0 Å². The molecular formula is C13H11F4N3O2. The molecule has 0 fully saturated rings. The third-order valence-corrected chi connectivity index (χ3v) is 2.87. The minimum Gasteiger partial charge on any atom is -0.461 e. The summed E-state index contributed by atoms with van der Waals surface area (Å²) in [6.45, 7) is 3.16. The molecule has 0 radical (unpaired) electrons. The smallest absolute Gasteiger partial charge is 0.416 e. The van der Waals surface area contributed by atoms with Gasteiger partial charge in [-0.25, -0.2) is 13.9 Å². The number of carbonyl (C=O) groups is 1. The number of hydrogen-bond acceptors (Lipinski definition) is 4. The van der Waals surface area contributed by atoms with Gasteiger partial charge in [-0.2, -0.15) is 13.2 Å². The molecule has 0 aliphatic carbocycles. The summed E-state index contributed by atoms with van der Waals surface area (Å²) in [5, 5.41) is 7.16. The van der Waals surface area contributed by atoms with Gasteiger partial charge in [0.2, 0.25) is 0 Å². The number of halogens is 4. The van der Waals surface area contributed by atoms with Crippen molar-refractivity contribution in [3.8, 4) is 5.69 Å². The summed E-state index contributed by atoms with van der Waals surface area (Å²) in [6.07, 6.45) is -4.65. The molecule has 0 spiro atoms. The second-order valence-corrected chi connectivity index (χ2v) is 4.32. The number of aromatic nitrogens is 3. The lowest BCUT2D eigenvalue weighted by molar-refractivity contribution is -0.137. The molecule has 22 heavy (non-hydrogen) atoms. The van der Waals surface area contributed by atoms with Crippen molar-refractivity contribution >= 4 is 5.97 Å². The average Bonchev–Trinajstić information content (AvgIpc) is 2.80. The average molecular weight is 317 g/mol. The molecule has 0 aliphatic rings. The Kier molecular flexibility index (Phi) is 4.16. The molecule has 0 saturated carbocycles. The Morgan fingerprint density at radius 3 is 2.59 bits per heavy atom. The van der Waals surface area contributed by atoms with E-state index in [1.165, 1.54) is 6.92 Å². The third-order valence-electron chi connectivity index (χ3n) is 2.87. The number of ether oxygens (including phenoxy) is 1. The Morgan fingerprint density at radius 2 is 2.05 bits per heavy atom. The van der Waals surface area contributed by atoms with Gasteiger partial charge in [-0.1, -0.05) is 5.21 Å². The second kappa shape index (κ2) is 5.74. The quantitative estimate of drug-likeness (QED) is 0.645. The van der Waals surface area contributed by atoms with E-state index in [-0.39, 0.29) is 23.7 Å². The van der Waals surface area contributed by atoms with E-state index in [9.17, 15) is 22.4 Å². The Bertz CT molecular complexity index is 710. The van der Waals surface area contributed by atoms with Crippen LogP contribution in [0.15, 0.2) is 18.2 Å². The molecule has 0 N–H and O–H groups in total. The summed E-state index contributed by atoms with van der Waals surface area (Å²) in [5.74, 6) is -1.86. The number of carbonyl (C=O) groups excluding carboxylic acids is 1. The molecule has 5 nitrogen and oxygen atoms in total. The van der Waals surface area contributed by atoms with Crippen LogP contribution in [0, 0.1) is 12.7 Å². The van der Waals surface area contributed by atoms with E-state index in [4.69, 9.17) is 4.74 Å². The zero-order chi connectivity index (χ0) is 16.5. The normalized spacial score (nSPS) is 11.5. The molecule has 1 heterocycles. The van der Waals surface area contributed by atoms with Gasteiger partial charge in [0, 0.05) is 0 Å². The number of alkyl halides is 3. The number of nitrogens with zero attached hydrogens (tertiary/aromatic N) is 3. The summed E-state index contributed by atoms with van der Waals surface area (Å²) in [4.78, 5) is 11.6. The first-order chi connectivity index (χ1) is 10.3. The Balaban J connectivity index is 2.43. The SMILES string of the molecule is CCOC(=O)c1nnn(-c2ccc(C(F)(F)F)cc2F)c1C. The first-order valence-corrected chi connectivity index (χ1v) is 6.22. The molecule has 9 heteroatoms. The van der Waals surface area contributed by atoms with Crippen LogP contribution in [-0.2, 0) is 10.9 Å². The van der Waals surface area contributed by atoms with Crippen molar-refractivity contribution in [3.05, 3.63) is 41.0 Å². The maximum Gasteiger partial charge on any atom is 0.416 e. The first-order valence-electron chi connectivity index (χ1n) is 6.22. The molecule has 0 aliphatic heterocycles. The minimum absolute atomic E-state index is 0.124. The van der Waals surface area contributed by atoms with Crippen LogP contribution in [0.1, 0.15) is 28.7 Å². The topological polar surface area (TPSA) is 57.0 Å². The van der Waals surface area contributed by atoms with Crippen molar-refractivity contribution in [2.45, 2.75) is 20.0 Å². The molecule has 2 aromatic rings. The van der Waals surface area contributed by atoms with E-state index in [0.717, 1.165) is 16.8 Å². The van der Waals surface area contributed by atoms with Gasteiger partial charge >= 0.3 is 12.1 Å². The minimum atomic E-state index is -4.65. The van der Waals surface area contributed by atoms with Crippen molar-refractivity contribution in [2.75, 3.05) is 6.61 Å². The zero-order valence-corrected chi connectivity index (χ0v) is 11.6. The highest BCUT2D eigenvalue weighted by atomic mass is 19.4. The lowest BCUT2D eigenvalue weighted by Gasteiger charge is -2.09. The second-order valence-electron chi connectivity index (χ2n) is 4.32. The Labute approximate surface area is 122 Å². The van der Waals surface area contributed by atoms with Gasteiger partial charge in [-0.15, -0.1) is 5.10 Å². The van der Waals surface area contributed by atoms with E-state index in [1.54, 1.807) is 6.92 Å². The van der Waals surface area contributed by atoms with Crippen molar-refractivity contribution in [1.82, 2.24) is 15.0 Å². The predicted molar refractivity (Wildman–Crippen MR) is 67.0 cm³/mol. The van der Waals surface area contributed by atoms with Gasteiger partial charge in [0.15, 0.2) is 5.69 Å². The van der Waals surface area contributed by atoms with Crippen LogP contribution in [0.25, 0.3) is 5.69 Å². The lowest BCUT2D eigenvalue weighted by atomic mass is 10.2. The zero-order valence-electron chi connectivity index (χ0n) is 11.6. The fraction of sp³-hybridized carbons (Fsp3) is 0.308. The van der Waals surface area contributed by atoms with E-state index in [0.29, 0.717) is 6.07 Å². The van der Waals surface area contributed by atoms with E-state index < -0.39 is 23.5 Å². The van der Waals surface area contributed by atoms with E-state index >= 15 is 0 Å². The van der Waals surface area contributed by atoms with Crippen LogP contribution in [-0.4, -0.2) is 27.6 Å². The highest BCUT2D eigenvalue weighted by Gasteiger charge is 2.31. The summed E-state index contributed by atoms with van der Waals surface area (Å²) in [7, 11) is 0. The van der Waals surface area contributed by atoms with Gasteiger partial charge in [-0.05, 0) is 32.0 Å². The van der Waals surface area contributed by atoms with Crippen LogP contribution in [0.2, 0.25) is 0 Å². The highest BCUT2D eigenvalue weighted by Crippen LogP contribution is 2.31. The molecule has 1 aromatic carbocycles. The van der Waals surface area contributed by atoms with E-state index in [1.807, 2.05) is 0 Å². The molecule has 118 valence electrons. The van der Waals surface area contributed by atoms with Crippen molar-refractivity contribution in [1.29, 1.82) is 0 Å². The molecular weight excluding hydrogens is 306 g/mol. The van der Waals surface area contributed by atoms with Crippen LogP contribution in [0.5, 0.6) is 0 Å². The van der Waals surface area contributed by atoms with Gasteiger partial charge in [0.05, 0.1) is 17.9 Å². The molecule has 0 unspecified atom stereocenters. The number of hydrogen-bond donors (Lipinski definition) is 0. The van der Waals surface area contributed by atoms with Crippen LogP contribution in [0.4, 0.5) is 17.6 Å². The van der Waals surface area contributed by atoms with Crippen LogP contribution < -0.4 is 0 Å². The maximum atomic E-state index is 13.9. The maximum absolute atomic E-state index is 13.9. The van der Waals surface area contributed by atoms with Gasteiger partial charge in [0.25, 0.3) is 0 Å². The monoisotopic (exact) mass is 317 g/mol. The van der Waals surface area contributed by atoms with Crippen LogP contribution >= 0.6 is 0 Å². The van der Waals surface area contributed by atoms with Crippen molar-refractivity contribution in [3.63, 3.8) is 0 Å². The fourth-order valence-electron chi connectivity index (χ4n) is 1.80. The summed E-state index contributed by atoms with van der Waals surface area (Å²) in [6, 6.07) is 2.01. The van der Waals surface area contributed by atoms with Gasteiger partial charge < -0.3 is 4.74 Å². The molecule has 0 amide bonds. The number of benzene rings is 1. The van der Waals surface area contributed by atoms with E-state index in [2.05, 4.69) is 10.3 Å². The van der Waals surface area contributed by atoms with Gasteiger partial charge in [0.1, 0.15) is 11.5 Å². The number of esters is 1. The third kappa shape index (κ3) is 2.92. The standard InChI is InChI=1S/C13H11F4N3O2/c1-3-22-12(21)11-7(2)20(19-18-11)10-5-4-8(6-9(10)14)13(15,16)17/h4-6H,3H2,1-2H3. The largest absolute Gasteiger partial charge is 0.461 e. The highest BCUT2D eigenvalue weighted by molar-refractivity contribution is 5.88. The summed E-state index contributed by atoms with van der Waals surface area (Å²) in [5.41, 5.74) is -1.32.